The topological polar surface area (TPSA) is 168 Å². The fourth-order valence-electron chi connectivity index (χ4n) is 4.32. The lowest BCUT2D eigenvalue weighted by Crippen LogP contribution is -2.29. The van der Waals surface area contributed by atoms with Crippen LogP contribution in [-0.2, 0) is 45.1 Å². The van der Waals surface area contributed by atoms with Crippen molar-refractivity contribution in [3.05, 3.63) is 66.2 Å². The Hall–Kier alpha value is -3.20. The van der Waals surface area contributed by atoms with Crippen molar-refractivity contribution < 1.29 is 19.2 Å². The zero-order valence-electron chi connectivity index (χ0n) is 28.2. The molecule has 0 bridgehead atoms. The Morgan fingerprint density at radius 2 is 1.29 bits per heavy atom. The predicted octanol–water partition coefficient (Wildman–Crippen LogP) is 5.59. The number of nitrogens with two attached hydrogens (primary N) is 1. The number of hydrogen-bond donors (Lipinski definition) is 1. The predicted molar refractivity (Wildman–Crippen MR) is 186 cm³/mol. The molecule has 0 aromatic carbocycles. The van der Waals surface area contributed by atoms with Crippen LogP contribution in [0.4, 0.5) is 0 Å². The molecule has 2 N–H and O–H groups in total. The largest absolute Gasteiger partial charge is 0.373 e. The first-order valence-corrected chi connectivity index (χ1v) is 16.6. The van der Waals surface area contributed by atoms with Crippen LogP contribution in [0.15, 0.2) is 21.7 Å². The first-order valence-electron chi connectivity index (χ1n) is 15.9. The van der Waals surface area contributed by atoms with Gasteiger partial charge in [0, 0.05) is 43.4 Å². The molecular formula is C33H47Cl3N6O6. The molecule has 2 saturated carbocycles. The van der Waals surface area contributed by atoms with Crippen molar-refractivity contribution >= 4 is 53.3 Å². The molecule has 0 unspecified atom stereocenters. The van der Waals surface area contributed by atoms with Crippen LogP contribution in [0.3, 0.4) is 0 Å². The summed E-state index contributed by atoms with van der Waals surface area (Å²) in [7, 11) is 0. The van der Waals surface area contributed by atoms with Gasteiger partial charge in [0.25, 0.3) is 11.1 Å². The van der Waals surface area contributed by atoms with Gasteiger partial charge in [-0.2, -0.15) is 9.59 Å². The standard InChI is InChI=1S/C16H20ClN3O2.C12H17ClN2O2.C4H9N.CO2.ClH/c1-3-4-5-6-14-19-13(17)9-15(22)20(14)11-12(21)10-16(18-2)7-8-16;1-3-4-5-6-11-14-10(13)7-12(17)15(11)8-9(2)16;1-4(5)2-3-4;2-1-3;/h9H,3-8,10-11H2,1H3;7H,3-6,8H2,1-2H3;2-3,5H2,1H3;;1H. The molecular weight excluding hydrogens is 683 g/mol. The molecule has 2 heterocycles. The molecule has 12 nitrogen and oxygen atoms in total. The van der Waals surface area contributed by atoms with E-state index in [0.717, 1.165) is 51.4 Å². The summed E-state index contributed by atoms with van der Waals surface area (Å²) in [6, 6.07) is 2.48. The maximum absolute atomic E-state index is 12.2. The Bertz CT molecular complexity index is 1530. The van der Waals surface area contributed by atoms with Gasteiger partial charge in [0.2, 0.25) is 5.54 Å². The third-order valence-corrected chi connectivity index (χ3v) is 7.85. The Balaban J connectivity index is 0.000000749. The summed E-state index contributed by atoms with van der Waals surface area (Å²) >= 11 is 11.6. The molecule has 2 aromatic heterocycles. The maximum Gasteiger partial charge on any atom is 0.373 e. The molecule has 48 heavy (non-hydrogen) atoms. The number of rotatable bonds is 14. The Labute approximate surface area is 298 Å². The number of aryl methyl sites for hydroxylation is 2. The van der Waals surface area contributed by atoms with E-state index in [2.05, 4.69) is 35.6 Å². The third-order valence-electron chi connectivity index (χ3n) is 7.46. The van der Waals surface area contributed by atoms with Gasteiger partial charge in [-0.05, 0) is 39.5 Å². The summed E-state index contributed by atoms with van der Waals surface area (Å²) in [6.45, 7) is 14.9. The average molecular weight is 730 g/mol. The van der Waals surface area contributed by atoms with Gasteiger partial charge in [-0.3, -0.25) is 28.3 Å². The zero-order valence-corrected chi connectivity index (χ0v) is 30.5. The van der Waals surface area contributed by atoms with E-state index in [9.17, 15) is 19.2 Å². The van der Waals surface area contributed by atoms with E-state index in [1.54, 1.807) is 0 Å². The van der Waals surface area contributed by atoms with E-state index in [-0.39, 0.29) is 76.6 Å². The van der Waals surface area contributed by atoms with Crippen molar-refractivity contribution in [3.63, 3.8) is 0 Å². The second kappa shape index (κ2) is 22.4. The van der Waals surface area contributed by atoms with Crippen molar-refractivity contribution in [1.82, 2.24) is 19.1 Å². The van der Waals surface area contributed by atoms with E-state index in [0.29, 0.717) is 24.5 Å². The van der Waals surface area contributed by atoms with Crippen molar-refractivity contribution in [2.75, 3.05) is 0 Å². The monoisotopic (exact) mass is 728 g/mol. The molecule has 0 radical (unpaired) electrons. The highest BCUT2D eigenvalue weighted by molar-refractivity contribution is 6.29. The number of Topliss-reactive ketones (excluding diaryl/α,β-unsaturated/α-hetero) is 2. The lowest BCUT2D eigenvalue weighted by molar-refractivity contribution is -0.191. The van der Waals surface area contributed by atoms with E-state index in [1.807, 2.05) is 0 Å². The summed E-state index contributed by atoms with van der Waals surface area (Å²) in [5.41, 5.74) is 4.66. The van der Waals surface area contributed by atoms with Gasteiger partial charge in [-0.25, -0.2) is 16.5 Å². The third kappa shape index (κ3) is 17.8. The van der Waals surface area contributed by atoms with E-state index >= 15 is 0 Å². The second-order valence-corrected chi connectivity index (χ2v) is 13.0. The molecule has 4 rings (SSSR count). The molecule has 15 heteroatoms. The number of aromatic nitrogens is 4. The smallest absolute Gasteiger partial charge is 0.325 e. The zero-order chi connectivity index (χ0) is 35.6. The van der Waals surface area contributed by atoms with Crippen LogP contribution >= 0.6 is 35.6 Å². The Kier molecular flexibility index (Phi) is 20.9. The van der Waals surface area contributed by atoms with Crippen LogP contribution in [-0.4, -0.2) is 47.9 Å². The Morgan fingerprint density at radius 3 is 1.60 bits per heavy atom. The summed E-state index contributed by atoms with van der Waals surface area (Å²) < 4.78 is 2.81. The van der Waals surface area contributed by atoms with Gasteiger partial charge < -0.3 is 10.6 Å². The minimum absolute atomic E-state index is 0. The number of unbranched alkanes of at least 4 members (excludes halogenated alkanes) is 4. The van der Waals surface area contributed by atoms with E-state index < -0.39 is 5.54 Å². The van der Waals surface area contributed by atoms with Crippen molar-refractivity contribution in [2.24, 2.45) is 5.73 Å². The first kappa shape index (κ1) is 44.8. The quantitative estimate of drug-likeness (QED) is 0.148. The summed E-state index contributed by atoms with van der Waals surface area (Å²) in [6.07, 6.45) is 11.9. The fraction of sp³-hybridized carbons (Fsp3) is 0.636. The first-order chi connectivity index (χ1) is 22.2. The van der Waals surface area contributed by atoms with Gasteiger partial charge in [-0.1, -0.05) is 62.7 Å². The number of ketones is 2. The van der Waals surface area contributed by atoms with Crippen LogP contribution in [0.25, 0.3) is 4.85 Å². The minimum atomic E-state index is -0.497. The minimum Gasteiger partial charge on any atom is -0.325 e. The molecule has 2 aliphatic rings. The molecule has 0 amide bonds. The van der Waals surface area contributed by atoms with E-state index in [4.69, 9.17) is 45.1 Å². The van der Waals surface area contributed by atoms with Gasteiger partial charge in [0.15, 0.2) is 5.78 Å². The highest BCUT2D eigenvalue weighted by Crippen LogP contribution is 2.43. The normalized spacial score (nSPS) is 14.0. The highest BCUT2D eigenvalue weighted by Gasteiger charge is 2.52. The molecule has 0 atom stereocenters. The van der Waals surface area contributed by atoms with Gasteiger partial charge in [-0.15, -0.1) is 12.4 Å². The lowest BCUT2D eigenvalue weighted by atomic mass is 10.1. The SMILES string of the molecule is CC1(N)CC1.CCCCCc1nc(Cl)cc(=O)n1CC(C)=O.Cl.O=C=O.[C-]#[N+]C1(CC(=O)Cn2c(CCCCC)nc(Cl)cc2=O)CC1. The lowest BCUT2D eigenvalue weighted by Gasteiger charge is -2.11. The average Bonchev–Trinajstić information content (AvgIpc) is 3.91. The number of nitrogens with zero attached hydrogens (tertiary/aromatic N) is 5. The molecule has 0 spiro atoms. The van der Waals surface area contributed by atoms with Crippen molar-refractivity contribution in [3.8, 4) is 0 Å². The fourth-order valence-corrected chi connectivity index (χ4v) is 4.71. The van der Waals surface area contributed by atoms with Crippen LogP contribution in [0.5, 0.6) is 0 Å². The van der Waals surface area contributed by atoms with Crippen LogP contribution in [0, 0.1) is 6.57 Å². The second-order valence-electron chi connectivity index (χ2n) is 12.2. The highest BCUT2D eigenvalue weighted by atomic mass is 35.5. The van der Waals surface area contributed by atoms with Crippen molar-refractivity contribution in [1.29, 1.82) is 0 Å². The summed E-state index contributed by atoms with van der Waals surface area (Å²) in [5.74, 6) is 1.02. The Morgan fingerprint density at radius 1 is 0.896 bits per heavy atom. The molecule has 2 fully saturated rings. The summed E-state index contributed by atoms with van der Waals surface area (Å²) in [5, 5.41) is 0.362. The molecule has 266 valence electrons. The maximum atomic E-state index is 12.2. The number of hydrogen-bond acceptors (Lipinski definition) is 9. The summed E-state index contributed by atoms with van der Waals surface area (Å²) in [4.78, 5) is 75.2. The number of carbonyl (C=O) groups excluding carboxylic acids is 4. The molecule has 2 aromatic rings. The number of halogens is 3. The van der Waals surface area contributed by atoms with Crippen LogP contribution < -0.4 is 16.9 Å². The van der Waals surface area contributed by atoms with E-state index in [1.165, 1.54) is 41.0 Å². The van der Waals surface area contributed by atoms with Gasteiger partial charge >= 0.3 is 6.15 Å². The molecule has 0 aliphatic heterocycles. The van der Waals surface area contributed by atoms with Crippen molar-refractivity contribution in [2.45, 2.75) is 135 Å². The van der Waals surface area contributed by atoms with Crippen LogP contribution in [0.1, 0.15) is 110 Å². The molecule has 2 aliphatic carbocycles. The van der Waals surface area contributed by atoms with Gasteiger partial charge in [0.05, 0.1) is 19.5 Å². The number of carbonyl (C=O) groups is 2. The van der Waals surface area contributed by atoms with Crippen LogP contribution in [0.2, 0.25) is 10.3 Å². The molecule has 0 saturated heterocycles. The van der Waals surface area contributed by atoms with Gasteiger partial charge in [0.1, 0.15) is 27.7 Å².